The van der Waals surface area contributed by atoms with Crippen LogP contribution in [-0.4, -0.2) is 15.4 Å². The second kappa shape index (κ2) is 6.37. The molecule has 0 saturated heterocycles. The summed E-state index contributed by atoms with van der Waals surface area (Å²) in [6, 6.07) is 11.9. The molecule has 1 amide bonds. The van der Waals surface area contributed by atoms with E-state index < -0.39 is 4.92 Å². The molecule has 0 spiro atoms. The number of hydrogen-bond donors (Lipinski definition) is 0. The Morgan fingerprint density at radius 2 is 1.96 bits per heavy atom. The number of thiazole rings is 1. The van der Waals surface area contributed by atoms with E-state index in [1.54, 1.807) is 18.2 Å². The molecule has 0 aliphatic carbocycles. The van der Waals surface area contributed by atoms with Crippen LogP contribution in [0.2, 0.25) is 0 Å². The first-order valence-corrected chi connectivity index (χ1v) is 8.24. The summed E-state index contributed by atoms with van der Waals surface area (Å²) < 4.78 is 2.68. The molecule has 0 bridgehead atoms. The summed E-state index contributed by atoms with van der Waals surface area (Å²) in [6.07, 6.45) is 0. The van der Waals surface area contributed by atoms with Gasteiger partial charge in [0.1, 0.15) is 0 Å². The van der Waals surface area contributed by atoms with Gasteiger partial charge in [-0.1, -0.05) is 29.0 Å². The number of aromatic nitrogens is 1. The molecular weight excluding hydrogens is 326 g/mol. The summed E-state index contributed by atoms with van der Waals surface area (Å²) in [5.41, 5.74) is 2.34. The van der Waals surface area contributed by atoms with Crippen molar-refractivity contribution in [2.45, 2.75) is 20.4 Å². The van der Waals surface area contributed by atoms with E-state index in [1.165, 1.54) is 23.5 Å². The second-order valence-electron chi connectivity index (χ2n) is 5.32. The molecule has 122 valence electrons. The average molecular weight is 341 g/mol. The van der Waals surface area contributed by atoms with Gasteiger partial charge >= 0.3 is 0 Å². The first kappa shape index (κ1) is 16.1. The summed E-state index contributed by atoms with van der Waals surface area (Å²) in [7, 11) is 0. The molecule has 0 aliphatic rings. The minimum atomic E-state index is -0.425. The zero-order valence-electron chi connectivity index (χ0n) is 13.2. The van der Waals surface area contributed by atoms with Gasteiger partial charge in [-0.15, -0.1) is 0 Å². The van der Waals surface area contributed by atoms with Crippen molar-refractivity contribution < 1.29 is 9.72 Å². The van der Waals surface area contributed by atoms with E-state index in [1.807, 2.05) is 30.5 Å². The Bertz CT molecular complexity index is 1000. The first-order chi connectivity index (χ1) is 11.5. The molecule has 0 atom stereocenters. The first-order valence-electron chi connectivity index (χ1n) is 7.43. The summed E-state index contributed by atoms with van der Waals surface area (Å²) in [5, 5.41) is 11.0. The Kier molecular flexibility index (Phi) is 4.26. The van der Waals surface area contributed by atoms with E-state index in [4.69, 9.17) is 0 Å². The van der Waals surface area contributed by atoms with Gasteiger partial charge in [0, 0.05) is 24.2 Å². The van der Waals surface area contributed by atoms with Crippen molar-refractivity contribution in [2.24, 2.45) is 4.99 Å². The normalized spacial score (nSPS) is 11.8. The van der Waals surface area contributed by atoms with Gasteiger partial charge in [0.25, 0.3) is 11.6 Å². The molecule has 0 fully saturated rings. The highest BCUT2D eigenvalue weighted by Gasteiger charge is 2.12. The number of rotatable bonds is 3. The van der Waals surface area contributed by atoms with Gasteiger partial charge in [-0.3, -0.25) is 14.9 Å². The molecule has 0 unspecified atom stereocenters. The monoisotopic (exact) mass is 341 g/mol. The van der Waals surface area contributed by atoms with Crippen LogP contribution in [0.5, 0.6) is 0 Å². The van der Waals surface area contributed by atoms with Crippen LogP contribution in [-0.2, 0) is 6.54 Å². The van der Waals surface area contributed by atoms with Crippen molar-refractivity contribution in [3.8, 4) is 0 Å². The van der Waals surface area contributed by atoms with E-state index in [-0.39, 0.29) is 11.6 Å². The van der Waals surface area contributed by atoms with Crippen LogP contribution in [0.3, 0.4) is 0 Å². The number of amides is 1. The summed E-state index contributed by atoms with van der Waals surface area (Å²) >= 11 is 1.35. The Balaban J connectivity index is 2.13. The molecule has 24 heavy (non-hydrogen) atoms. The lowest BCUT2D eigenvalue weighted by Gasteiger charge is -2.00. The van der Waals surface area contributed by atoms with Crippen LogP contribution in [0.25, 0.3) is 10.2 Å². The number of carbonyl (C=O) groups excluding carboxylic acids is 1. The fraction of sp³-hybridized carbons (Fsp3) is 0.176. The van der Waals surface area contributed by atoms with Gasteiger partial charge in [0.15, 0.2) is 4.80 Å². The zero-order valence-corrected chi connectivity index (χ0v) is 14.0. The van der Waals surface area contributed by atoms with Crippen molar-refractivity contribution in [2.75, 3.05) is 0 Å². The van der Waals surface area contributed by atoms with Crippen molar-refractivity contribution in [3.05, 3.63) is 68.5 Å². The van der Waals surface area contributed by atoms with E-state index >= 15 is 0 Å². The number of nitro benzene ring substituents is 1. The second-order valence-corrected chi connectivity index (χ2v) is 6.33. The van der Waals surface area contributed by atoms with Crippen molar-refractivity contribution in [1.29, 1.82) is 0 Å². The van der Waals surface area contributed by atoms with E-state index in [0.29, 0.717) is 22.4 Å². The van der Waals surface area contributed by atoms with Gasteiger partial charge in [-0.2, -0.15) is 4.99 Å². The molecule has 7 heteroatoms. The lowest BCUT2D eigenvalue weighted by molar-refractivity contribution is -0.384. The number of nitro groups is 1. The number of carbonyl (C=O) groups is 1. The van der Waals surface area contributed by atoms with E-state index in [9.17, 15) is 14.9 Å². The Morgan fingerprint density at radius 3 is 2.58 bits per heavy atom. The zero-order chi connectivity index (χ0) is 17.3. The lowest BCUT2D eigenvalue weighted by atomic mass is 10.1. The maximum Gasteiger partial charge on any atom is 0.279 e. The highest BCUT2D eigenvalue weighted by molar-refractivity contribution is 7.16. The van der Waals surface area contributed by atoms with Gasteiger partial charge in [0.2, 0.25) is 0 Å². The van der Waals surface area contributed by atoms with Crippen LogP contribution in [0.1, 0.15) is 22.8 Å². The fourth-order valence-corrected chi connectivity index (χ4v) is 3.48. The summed E-state index contributed by atoms with van der Waals surface area (Å²) in [5.74, 6) is -0.321. The average Bonchev–Trinajstić information content (AvgIpc) is 2.91. The standard InChI is InChI=1S/C17H15N3O3S/c1-3-19-14-10-13(20(22)23)8-9-15(14)24-17(19)18-16(21)12-6-4-11(2)5-7-12/h4-10H,3H2,1-2H3. The highest BCUT2D eigenvalue weighted by Crippen LogP contribution is 2.23. The number of benzene rings is 2. The molecule has 0 radical (unpaired) electrons. The number of fused-ring (bicyclic) bond motifs is 1. The quantitative estimate of drug-likeness (QED) is 0.538. The number of nitrogens with zero attached hydrogens (tertiary/aromatic N) is 3. The molecule has 2 aromatic carbocycles. The molecular formula is C17H15N3O3S. The minimum absolute atomic E-state index is 0.0268. The molecule has 0 saturated carbocycles. The molecule has 3 rings (SSSR count). The van der Waals surface area contributed by atoms with Crippen molar-refractivity contribution in [1.82, 2.24) is 4.57 Å². The third-order valence-corrected chi connectivity index (χ3v) is 4.75. The summed E-state index contributed by atoms with van der Waals surface area (Å²) in [6.45, 7) is 4.44. The topological polar surface area (TPSA) is 77.5 Å². The summed E-state index contributed by atoms with van der Waals surface area (Å²) in [4.78, 5) is 27.7. The van der Waals surface area contributed by atoms with Crippen LogP contribution in [0.4, 0.5) is 5.69 Å². The molecule has 6 nitrogen and oxygen atoms in total. The van der Waals surface area contributed by atoms with E-state index in [2.05, 4.69) is 4.99 Å². The number of non-ortho nitro benzene ring substituents is 1. The molecule has 1 heterocycles. The predicted octanol–water partition coefficient (Wildman–Crippen LogP) is 3.68. The van der Waals surface area contributed by atoms with Crippen LogP contribution in [0.15, 0.2) is 47.5 Å². The van der Waals surface area contributed by atoms with Gasteiger partial charge in [0.05, 0.1) is 15.1 Å². The smallest absolute Gasteiger partial charge is 0.279 e. The molecule has 1 aromatic heterocycles. The minimum Gasteiger partial charge on any atom is -0.316 e. The van der Waals surface area contributed by atoms with Gasteiger partial charge < -0.3 is 4.57 Å². The van der Waals surface area contributed by atoms with Crippen molar-refractivity contribution in [3.63, 3.8) is 0 Å². The largest absolute Gasteiger partial charge is 0.316 e. The number of aryl methyl sites for hydroxylation is 2. The Morgan fingerprint density at radius 1 is 1.25 bits per heavy atom. The van der Waals surface area contributed by atoms with E-state index in [0.717, 1.165) is 10.3 Å². The molecule has 0 aliphatic heterocycles. The van der Waals surface area contributed by atoms with Gasteiger partial charge in [-0.05, 0) is 32.0 Å². The van der Waals surface area contributed by atoms with Crippen LogP contribution < -0.4 is 4.80 Å². The number of hydrogen-bond acceptors (Lipinski definition) is 4. The van der Waals surface area contributed by atoms with Crippen molar-refractivity contribution >= 4 is 33.1 Å². The highest BCUT2D eigenvalue weighted by atomic mass is 32.1. The molecule has 3 aromatic rings. The lowest BCUT2D eigenvalue weighted by Crippen LogP contribution is -2.15. The Labute approximate surface area is 141 Å². The van der Waals surface area contributed by atoms with Gasteiger partial charge in [-0.25, -0.2) is 0 Å². The third-order valence-electron chi connectivity index (χ3n) is 3.69. The maximum atomic E-state index is 12.4. The third kappa shape index (κ3) is 2.98. The fourth-order valence-electron chi connectivity index (χ4n) is 2.41. The molecule has 0 N–H and O–H groups in total. The SMILES string of the molecule is CCn1c(=NC(=O)c2ccc(C)cc2)sc2ccc([N+](=O)[O-])cc21. The van der Waals surface area contributed by atoms with Crippen LogP contribution in [0, 0.1) is 17.0 Å². The predicted molar refractivity (Wildman–Crippen MR) is 93.2 cm³/mol. The van der Waals surface area contributed by atoms with Crippen LogP contribution >= 0.6 is 11.3 Å². The Hall–Kier alpha value is -2.80. The maximum absolute atomic E-state index is 12.4.